The molecule has 8 heteroatoms. The molecule has 0 saturated heterocycles. The number of carbonyl (C=O) groups excluding carboxylic acids is 2. The standard InChI is InChI=1S/C24H26N4O4/c1-3-4-7-18-14-21(29)26-24(27-23(25)31)28(18)15-16-10-12-17(13-11-16)19-8-5-6-9-20(19)22(30)32-2/h5-6,8-14H,3-4,7,15H2,1-2H3,(H3,25,26,27,29,31). The second-order valence-corrected chi connectivity index (χ2v) is 7.32. The van der Waals surface area contributed by atoms with E-state index in [0.717, 1.165) is 35.2 Å². The van der Waals surface area contributed by atoms with Crippen LogP contribution in [-0.4, -0.2) is 28.7 Å². The molecule has 0 fully saturated rings. The lowest BCUT2D eigenvalue weighted by Crippen LogP contribution is -2.28. The number of ether oxygens (including phenoxy) is 1. The van der Waals surface area contributed by atoms with Crippen LogP contribution in [-0.2, 0) is 17.7 Å². The summed E-state index contributed by atoms with van der Waals surface area (Å²) in [7, 11) is 1.36. The Morgan fingerprint density at radius 3 is 2.50 bits per heavy atom. The summed E-state index contributed by atoms with van der Waals surface area (Å²) in [5.41, 5.74) is 8.69. The molecule has 8 nitrogen and oxygen atoms in total. The number of benzene rings is 2. The van der Waals surface area contributed by atoms with E-state index in [9.17, 15) is 14.4 Å². The Balaban J connectivity index is 1.96. The number of amides is 2. The van der Waals surface area contributed by atoms with Gasteiger partial charge >= 0.3 is 12.0 Å². The van der Waals surface area contributed by atoms with E-state index >= 15 is 0 Å². The van der Waals surface area contributed by atoms with Gasteiger partial charge in [0.1, 0.15) is 0 Å². The molecule has 0 bridgehead atoms. The highest BCUT2D eigenvalue weighted by molar-refractivity contribution is 5.97. The van der Waals surface area contributed by atoms with Crippen LogP contribution < -0.4 is 16.6 Å². The molecule has 166 valence electrons. The van der Waals surface area contributed by atoms with E-state index in [2.05, 4.69) is 17.2 Å². The van der Waals surface area contributed by atoms with Gasteiger partial charge in [0.2, 0.25) is 5.95 Å². The molecule has 0 atom stereocenters. The minimum absolute atomic E-state index is 0.121. The Morgan fingerprint density at radius 2 is 1.84 bits per heavy atom. The maximum Gasteiger partial charge on any atom is 0.338 e. The first-order valence-corrected chi connectivity index (χ1v) is 10.4. The van der Waals surface area contributed by atoms with E-state index in [-0.39, 0.29) is 5.95 Å². The summed E-state index contributed by atoms with van der Waals surface area (Å²) in [5, 5.41) is 2.45. The maximum absolute atomic E-state index is 12.1. The van der Waals surface area contributed by atoms with Crippen LogP contribution in [0.2, 0.25) is 0 Å². The van der Waals surface area contributed by atoms with Gasteiger partial charge in [-0.2, -0.15) is 4.98 Å². The summed E-state index contributed by atoms with van der Waals surface area (Å²) < 4.78 is 6.67. The average Bonchev–Trinajstić information content (AvgIpc) is 2.79. The Bertz CT molecular complexity index is 1170. The number of aryl methyl sites for hydroxylation is 1. The van der Waals surface area contributed by atoms with Crippen LogP contribution in [0.4, 0.5) is 10.7 Å². The van der Waals surface area contributed by atoms with Gasteiger partial charge in [0.25, 0.3) is 5.56 Å². The lowest BCUT2D eigenvalue weighted by molar-refractivity contribution is 0.0601. The molecule has 0 unspecified atom stereocenters. The number of nitrogens with zero attached hydrogens (tertiary/aromatic N) is 2. The van der Waals surface area contributed by atoms with Gasteiger partial charge in [-0.25, -0.2) is 9.59 Å². The molecule has 3 rings (SSSR count). The van der Waals surface area contributed by atoms with Gasteiger partial charge in [-0.05, 0) is 35.6 Å². The molecule has 32 heavy (non-hydrogen) atoms. The quantitative estimate of drug-likeness (QED) is 0.526. The molecule has 0 radical (unpaired) electrons. The van der Waals surface area contributed by atoms with Crippen LogP contribution in [0.15, 0.2) is 59.4 Å². The normalized spacial score (nSPS) is 10.6. The number of primary amides is 1. The fourth-order valence-electron chi connectivity index (χ4n) is 3.50. The first-order valence-electron chi connectivity index (χ1n) is 10.4. The Labute approximate surface area is 186 Å². The van der Waals surface area contributed by atoms with Gasteiger partial charge in [-0.1, -0.05) is 55.8 Å². The van der Waals surface area contributed by atoms with Gasteiger partial charge in [-0.3, -0.25) is 10.1 Å². The fourth-order valence-corrected chi connectivity index (χ4v) is 3.50. The number of carbonyl (C=O) groups is 2. The van der Waals surface area contributed by atoms with Gasteiger partial charge in [0, 0.05) is 11.8 Å². The predicted octanol–water partition coefficient (Wildman–Crippen LogP) is 3.58. The third-order valence-electron chi connectivity index (χ3n) is 5.07. The van der Waals surface area contributed by atoms with E-state index in [0.29, 0.717) is 18.5 Å². The lowest BCUT2D eigenvalue weighted by Gasteiger charge is -2.18. The summed E-state index contributed by atoms with van der Waals surface area (Å²) >= 11 is 0. The second-order valence-electron chi connectivity index (χ2n) is 7.32. The van der Waals surface area contributed by atoms with E-state index in [1.54, 1.807) is 16.7 Å². The zero-order valence-corrected chi connectivity index (χ0v) is 18.1. The number of aromatic nitrogens is 2. The van der Waals surface area contributed by atoms with Gasteiger partial charge in [0.15, 0.2) is 0 Å². The number of urea groups is 1. The molecule has 0 spiro atoms. The third kappa shape index (κ3) is 5.40. The van der Waals surface area contributed by atoms with Crippen LogP contribution in [0.3, 0.4) is 0 Å². The number of hydrogen-bond acceptors (Lipinski definition) is 5. The van der Waals surface area contributed by atoms with Crippen molar-refractivity contribution in [3.8, 4) is 11.1 Å². The number of unbranched alkanes of at least 4 members (excludes halogenated alkanes) is 1. The van der Waals surface area contributed by atoms with Crippen molar-refractivity contribution < 1.29 is 14.3 Å². The van der Waals surface area contributed by atoms with Crippen LogP contribution in [0, 0.1) is 0 Å². The summed E-state index contributed by atoms with van der Waals surface area (Å²) in [6.07, 6.45) is 2.53. The van der Waals surface area contributed by atoms with Crippen LogP contribution in [0.5, 0.6) is 0 Å². The van der Waals surface area contributed by atoms with Crippen molar-refractivity contribution in [3.63, 3.8) is 0 Å². The Hall–Kier alpha value is -3.94. The highest BCUT2D eigenvalue weighted by atomic mass is 16.5. The zero-order valence-electron chi connectivity index (χ0n) is 18.1. The number of nitrogens with two attached hydrogens (primary N) is 1. The van der Waals surface area contributed by atoms with Crippen LogP contribution in [0.25, 0.3) is 11.1 Å². The van der Waals surface area contributed by atoms with Crippen molar-refractivity contribution in [2.24, 2.45) is 5.73 Å². The van der Waals surface area contributed by atoms with Crippen molar-refractivity contribution in [3.05, 3.63) is 81.8 Å². The first-order chi connectivity index (χ1) is 15.4. The van der Waals surface area contributed by atoms with Crippen LogP contribution >= 0.6 is 0 Å². The minimum Gasteiger partial charge on any atom is -0.465 e. The number of anilines is 1. The molecule has 2 amide bonds. The number of rotatable bonds is 8. The van der Waals surface area contributed by atoms with Gasteiger partial charge in [0.05, 0.1) is 19.2 Å². The van der Waals surface area contributed by atoms with Crippen LogP contribution in [0.1, 0.15) is 41.4 Å². The molecule has 0 aliphatic heterocycles. The summed E-state index contributed by atoms with van der Waals surface area (Å²) in [6.45, 7) is 2.46. The highest BCUT2D eigenvalue weighted by Gasteiger charge is 2.14. The summed E-state index contributed by atoms with van der Waals surface area (Å²) in [5.74, 6) is -0.275. The third-order valence-corrected chi connectivity index (χ3v) is 5.07. The fraction of sp³-hybridized carbons (Fsp3) is 0.250. The molecule has 1 aromatic heterocycles. The lowest BCUT2D eigenvalue weighted by atomic mass is 9.98. The van der Waals surface area contributed by atoms with E-state index in [4.69, 9.17) is 10.5 Å². The van der Waals surface area contributed by atoms with Crippen molar-refractivity contribution >= 4 is 17.9 Å². The molecular formula is C24H26N4O4. The van der Waals surface area contributed by atoms with Crippen molar-refractivity contribution in [2.45, 2.75) is 32.7 Å². The first kappa shape index (κ1) is 22.7. The zero-order chi connectivity index (χ0) is 23.1. The van der Waals surface area contributed by atoms with E-state index in [1.807, 2.05) is 36.4 Å². The summed E-state index contributed by atoms with van der Waals surface area (Å²) in [4.78, 5) is 39.5. The average molecular weight is 434 g/mol. The second kappa shape index (κ2) is 10.4. The Kier molecular flexibility index (Phi) is 7.38. The topological polar surface area (TPSA) is 116 Å². The SMILES string of the molecule is CCCCc1cc(=O)nc(NC(N)=O)n1Cc1ccc(-c2ccccc2C(=O)OC)cc1. The molecule has 3 N–H and O–H groups in total. The van der Waals surface area contributed by atoms with E-state index in [1.165, 1.54) is 13.2 Å². The molecule has 1 heterocycles. The molecular weight excluding hydrogens is 408 g/mol. The van der Waals surface area contributed by atoms with Crippen molar-refractivity contribution in [1.82, 2.24) is 9.55 Å². The summed E-state index contributed by atoms with van der Waals surface area (Å²) in [6, 6.07) is 15.6. The predicted molar refractivity (Wildman–Crippen MR) is 123 cm³/mol. The molecule has 0 aliphatic rings. The highest BCUT2D eigenvalue weighted by Crippen LogP contribution is 2.25. The number of hydrogen-bond donors (Lipinski definition) is 2. The molecule has 0 aliphatic carbocycles. The largest absolute Gasteiger partial charge is 0.465 e. The number of esters is 1. The van der Waals surface area contributed by atoms with Crippen molar-refractivity contribution in [1.29, 1.82) is 0 Å². The Morgan fingerprint density at radius 1 is 1.12 bits per heavy atom. The van der Waals surface area contributed by atoms with Crippen molar-refractivity contribution in [2.75, 3.05) is 12.4 Å². The monoisotopic (exact) mass is 434 g/mol. The minimum atomic E-state index is -0.784. The van der Waals surface area contributed by atoms with Gasteiger partial charge in [-0.15, -0.1) is 0 Å². The van der Waals surface area contributed by atoms with E-state index < -0.39 is 17.6 Å². The number of methoxy groups -OCH3 is 1. The van der Waals surface area contributed by atoms with Gasteiger partial charge < -0.3 is 15.0 Å². The molecule has 2 aromatic carbocycles. The molecule has 3 aromatic rings. The molecule has 0 saturated carbocycles. The number of nitrogens with one attached hydrogen (secondary N) is 1. The smallest absolute Gasteiger partial charge is 0.338 e. The maximum atomic E-state index is 12.1.